The highest BCUT2D eigenvalue weighted by Gasteiger charge is 2.22. The van der Waals surface area contributed by atoms with Crippen molar-refractivity contribution in [3.63, 3.8) is 0 Å². The maximum Gasteiger partial charge on any atom is 0.241 e. The van der Waals surface area contributed by atoms with Gasteiger partial charge in [0.25, 0.3) is 0 Å². The van der Waals surface area contributed by atoms with E-state index in [0.29, 0.717) is 19.4 Å². The molecule has 0 aliphatic carbocycles. The Kier molecular flexibility index (Phi) is 38.0. The van der Waals surface area contributed by atoms with Crippen molar-refractivity contribution in [1.82, 2.24) is 15.5 Å². The summed E-state index contributed by atoms with van der Waals surface area (Å²) in [5.41, 5.74) is 23.4. The van der Waals surface area contributed by atoms with E-state index in [0.717, 1.165) is 38.8 Å². The van der Waals surface area contributed by atoms with E-state index in [4.69, 9.17) is 22.9 Å². The number of rotatable bonds is 40. The van der Waals surface area contributed by atoms with Gasteiger partial charge in [-0.15, -0.1) is 0 Å². The summed E-state index contributed by atoms with van der Waals surface area (Å²) in [6.07, 6.45) is 41.4. The van der Waals surface area contributed by atoms with Crippen LogP contribution in [0.2, 0.25) is 0 Å². The number of unbranched alkanes of at least 4 members (excludes halogenated alkanes) is 25. The van der Waals surface area contributed by atoms with Crippen LogP contribution in [0.15, 0.2) is 12.2 Å². The molecule has 0 saturated heterocycles. The molecule has 2 unspecified atom stereocenters. The Morgan fingerprint density at radius 1 is 0.519 bits per heavy atom. The standard InChI is InChI=1S/C43H89N7O2/c1-3-5-7-9-11-13-15-17-19-20-22-24-26-28-30-32-37-50(36-31-29-27-25-23-21-18-16-14-12-10-8-6-4-2)42(52)40(45)38-49-41(51)39(44)34-33-35-48-43(46)47/h17,19,39-40,43,48H,3-16,18,20-38,44-47H2,1-2H3,(H,49,51). The number of carbonyl (C=O) groups excluding carboxylic acids is 2. The molecular formula is C43H89N7O2. The van der Waals surface area contributed by atoms with Gasteiger partial charge in [-0.2, -0.15) is 0 Å². The molecule has 308 valence electrons. The average molecular weight is 736 g/mol. The third-order valence-corrected chi connectivity index (χ3v) is 10.3. The van der Waals surface area contributed by atoms with Crippen LogP contribution < -0.4 is 33.6 Å². The Labute approximate surface area is 322 Å². The van der Waals surface area contributed by atoms with Crippen LogP contribution in [0.25, 0.3) is 0 Å². The van der Waals surface area contributed by atoms with Gasteiger partial charge in [0.2, 0.25) is 11.8 Å². The molecule has 0 radical (unpaired) electrons. The summed E-state index contributed by atoms with van der Waals surface area (Å²) in [5, 5.41) is 5.71. The summed E-state index contributed by atoms with van der Waals surface area (Å²) in [6.45, 7) is 6.70. The minimum absolute atomic E-state index is 0.0718. The van der Waals surface area contributed by atoms with Gasteiger partial charge >= 0.3 is 0 Å². The van der Waals surface area contributed by atoms with Crippen molar-refractivity contribution in [3.8, 4) is 0 Å². The summed E-state index contributed by atoms with van der Waals surface area (Å²) in [7, 11) is 0. The molecule has 0 rings (SSSR count). The van der Waals surface area contributed by atoms with Gasteiger partial charge in [-0.3, -0.25) is 14.9 Å². The van der Waals surface area contributed by atoms with Crippen molar-refractivity contribution in [1.29, 1.82) is 0 Å². The molecule has 0 heterocycles. The largest absolute Gasteiger partial charge is 0.353 e. The van der Waals surface area contributed by atoms with Crippen LogP contribution in [-0.2, 0) is 9.59 Å². The van der Waals surface area contributed by atoms with E-state index in [2.05, 4.69) is 36.6 Å². The molecule has 2 amide bonds. The molecule has 0 aromatic heterocycles. The fourth-order valence-corrected chi connectivity index (χ4v) is 6.76. The second-order valence-electron chi connectivity index (χ2n) is 15.4. The third-order valence-electron chi connectivity index (χ3n) is 10.3. The van der Waals surface area contributed by atoms with Crippen LogP contribution in [0.3, 0.4) is 0 Å². The second-order valence-corrected chi connectivity index (χ2v) is 15.4. The van der Waals surface area contributed by atoms with Gasteiger partial charge in [0.05, 0.1) is 6.04 Å². The van der Waals surface area contributed by atoms with Crippen molar-refractivity contribution in [2.45, 2.75) is 225 Å². The van der Waals surface area contributed by atoms with E-state index < -0.39 is 18.4 Å². The second kappa shape index (κ2) is 39.2. The summed E-state index contributed by atoms with van der Waals surface area (Å²) in [5.74, 6) is -0.357. The highest BCUT2D eigenvalue weighted by Crippen LogP contribution is 2.14. The van der Waals surface area contributed by atoms with Crippen molar-refractivity contribution in [2.24, 2.45) is 22.9 Å². The zero-order valence-electron chi connectivity index (χ0n) is 34.5. The minimum atomic E-state index is -0.770. The molecule has 2 atom stereocenters. The van der Waals surface area contributed by atoms with E-state index in [1.165, 1.54) is 154 Å². The lowest BCUT2D eigenvalue weighted by atomic mass is 10.0. The number of nitrogens with zero attached hydrogens (tertiary/aromatic N) is 1. The topological polar surface area (TPSA) is 166 Å². The molecule has 0 fully saturated rings. The Hall–Kier alpha value is -1.52. The molecule has 52 heavy (non-hydrogen) atoms. The van der Waals surface area contributed by atoms with Crippen LogP contribution in [0, 0.1) is 0 Å². The molecular weight excluding hydrogens is 647 g/mol. The molecule has 0 aromatic rings. The summed E-state index contributed by atoms with van der Waals surface area (Å²) in [4.78, 5) is 27.9. The Morgan fingerprint density at radius 2 is 0.904 bits per heavy atom. The predicted molar refractivity (Wildman–Crippen MR) is 225 cm³/mol. The zero-order valence-corrected chi connectivity index (χ0v) is 34.5. The SMILES string of the molecule is CCCCCCCCC=CCCCCCCCCN(CCCCCCCCCCCCCCCC)C(=O)C(N)CNC(=O)C(N)CCCNC(N)N. The van der Waals surface area contributed by atoms with Crippen LogP contribution in [0.1, 0.15) is 206 Å². The van der Waals surface area contributed by atoms with E-state index in [1.54, 1.807) is 0 Å². The Balaban J connectivity index is 4.42. The predicted octanol–water partition coefficient (Wildman–Crippen LogP) is 8.68. The van der Waals surface area contributed by atoms with Crippen molar-refractivity contribution >= 4 is 11.8 Å². The lowest BCUT2D eigenvalue weighted by Gasteiger charge is -2.26. The van der Waals surface area contributed by atoms with Gasteiger partial charge < -0.3 is 33.2 Å². The normalized spacial score (nSPS) is 12.9. The quantitative estimate of drug-likeness (QED) is 0.0208. The third kappa shape index (κ3) is 34.3. The van der Waals surface area contributed by atoms with Crippen LogP contribution in [0.5, 0.6) is 0 Å². The number of amides is 2. The first-order chi connectivity index (χ1) is 25.3. The fraction of sp³-hybridized carbons (Fsp3) is 0.907. The van der Waals surface area contributed by atoms with Gasteiger partial charge in [-0.1, -0.05) is 167 Å². The number of hydrogen-bond acceptors (Lipinski definition) is 7. The van der Waals surface area contributed by atoms with Crippen molar-refractivity contribution < 1.29 is 9.59 Å². The number of nitrogens with one attached hydrogen (secondary N) is 2. The van der Waals surface area contributed by atoms with E-state index in [1.807, 2.05) is 4.90 Å². The number of allylic oxidation sites excluding steroid dienone is 2. The number of hydrogen-bond donors (Lipinski definition) is 6. The monoisotopic (exact) mass is 736 g/mol. The average Bonchev–Trinajstić information content (AvgIpc) is 3.13. The molecule has 9 nitrogen and oxygen atoms in total. The Bertz CT molecular complexity index is 810. The summed E-state index contributed by atoms with van der Waals surface area (Å²) in [6, 6.07) is -1.43. The molecule has 0 aromatic carbocycles. The first-order valence-corrected chi connectivity index (χ1v) is 22.3. The molecule has 0 aliphatic rings. The first-order valence-electron chi connectivity index (χ1n) is 22.3. The van der Waals surface area contributed by atoms with Crippen molar-refractivity contribution in [2.75, 3.05) is 26.2 Å². The van der Waals surface area contributed by atoms with Gasteiger partial charge in [-0.25, -0.2) is 0 Å². The lowest BCUT2D eigenvalue weighted by Crippen LogP contribution is -2.52. The lowest BCUT2D eigenvalue weighted by molar-refractivity contribution is -0.133. The highest BCUT2D eigenvalue weighted by molar-refractivity contribution is 5.84. The molecule has 10 N–H and O–H groups in total. The molecule has 0 bridgehead atoms. The minimum Gasteiger partial charge on any atom is -0.353 e. The van der Waals surface area contributed by atoms with Gasteiger partial charge in [-0.05, 0) is 57.9 Å². The fourth-order valence-electron chi connectivity index (χ4n) is 6.76. The molecule has 0 aliphatic heterocycles. The summed E-state index contributed by atoms with van der Waals surface area (Å²) < 4.78 is 0. The van der Waals surface area contributed by atoms with Crippen LogP contribution >= 0.6 is 0 Å². The van der Waals surface area contributed by atoms with E-state index >= 15 is 0 Å². The van der Waals surface area contributed by atoms with Crippen LogP contribution in [-0.4, -0.2) is 61.3 Å². The number of carbonyl (C=O) groups is 2. The van der Waals surface area contributed by atoms with Gasteiger partial charge in [0.15, 0.2) is 0 Å². The summed E-state index contributed by atoms with van der Waals surface area (Å²) >= 11 is 0. The van der Waals surface area contributed by atoms with Gasteiger partial charge in [0, 0.05) is 19.6 Å². The first kappa shape index (κ1) is 50.5. The molecule has 0 spiro atoms. The smallest absolute Gasteiger partial charge is 0.241 e. The maximum atomic E-state index is 13.4. The molecule has 0 saturated carbocycles. The number of nitrogens with two attached hydrogens (primary N) is 4. The van der Waals surface area contributed by atoms with Gasteiger partial charge in [0.1, 0.15) is 12.3 Å². The zero-order chi connectivity index (χ0) is 38.3. The van der Waals surface area contributed by atoms with Crippen molar-refractivity contribution in [3.05, 3.63) is 12.2 Å². The van der Waals surface area contributed by atoms with E-state index in [9.17, 15) is 9.59 Å². The Morgan fingerprint density at radius 3 is 1.31 bits per heavy atom. The highest BCUT2D eigenvalue weighted by atomic mass is 16.2. The molecule has 9 heteroatoms. The maximum absolute atomic E-state index is 13.4. The van der Waals surface area contributed by atoms with Crippen LogP contribution in [0.4, 0.5) is 0 Å². The van der Waals surface area contributed by atoms with E-state index in [-0.39, 0.29) is 18.4 Å².